The Morgan fingerprint density at radius 1 is 1.44 bits per heavy atom. The first-order valence-corrected chi connectivity index (χ1v) is 5.60. The lowest BCUT2D eigenvalue weighted by Gasteiger charge is -2.18. The molecule has 2 N–H and O–H groups in total. The largest absolute Gasteiger partial charge is 0.481 e. The fourth-order valence-electron chi connectivity index (χ4n) is 1.33. The number of carbonyl (C=O) groups excluding carboxylic acids is 1. The number of aryl methyl sites for hydroxylation is 1. The van der Waals surface area contributed by atoms with Crippen molar-refractivity contribution in [3.8, 4) is 0 Å². The maximum absolute atomic E-state index is 11.6. The highest BCUT2D eigenvalue weighted by molar-refractivity contribution is 5.84. The minimum Gasteiger partial charge on any atom is -0.481 e. The predicted octanol–water partition coefficient (Wildman–Crippen LogP) is 0.902. The predicted molar refractivity (Wildman–Crippen MR) is 64.6 cm³/mol. The zero-order chi connectivity index (χ0) is 13.8. The zero-order valence-corrected chi connectivity index (χ0v) is 10.7. The van der Waals surface area contributed by atoms with Gasteiger partial charge in [-0.15, -0.1) is 0 Å². The standard InChI is InChI=1S/C12H17N3O3/c1-8-13-5-4-9(15-8)7-14-10(16)6-12(2,3)11(17)18/h4-5H,6-7H2,1-3H3,(H,14,16)(H,17,18). The van der Waals surface area contributed by atoms with Gasteiger partial charge in [-0.05, 0) is 26.8 Å². The van der Waals surface area contributed by atoms with E-state index >= 15 is 0 Å². The molecule has 6 heteroatoms. The molecule has 0 aromatic carbocycles. The Kier molecular flexibility index (Phi) is 4.36. The molecule has 0 unspecified atom stereocenters. The molecule has 18 heavy (non-hydrogen) atoms. The number of nitrogens with zero attached hydrogens (tertiary/aromatic N) is 2. The normalized spacial score (nSPS) is 11.1. The summed E-state index contributed by atoms with van der Waals surface area (Å²) in [4.78, 5) is 30.6. The molecule has 1 aromatic rings. The van der Waals surface area contributed by atoms with Crippen LogP contribution in [0.5, 0.6) is 0 Å². The second-order valence-electron chi connectivity index (χ2n) is 4.74. The van der Waals surface area contributed by atoms with Crippen molar-refractivity contribution >= 4 is 11.9 Å². The summed E-state index contributed by atoms with van der Waals surface area (Å²) in [6.45, 7) is 5.07. The molecule has 0 saturated heterocycles. The van der Waals surface area contributed by atoms with E-state index in [2.05, 4.69) is 15.3 Å². The topological polar surface area (TPSA) is 92.2 Å². The molecule has 6 nitrogen and oxygen atoms in total. The lowest BCUT2D eigenvalue weighted by atomic mass is 9.89. The molecule has 1 amide bonds. The first-order chi connectivity index (χ1) is 8.31. The molecule has 0 atom stereocenters. The average molecular weight is 251 g/mol. The molecule has 1 aromatic heterocycles. The first kappa shape index (κ1) is 14.1. The van der Waals surface area contributed by atoms with Crippen molar-refractivity contribution in [3.05, 3.63) is 23.8 Å². The fraction of sp³-hybridized carbons (Fsp3) is 0.500. The van der Waals surface area contributed by atoms with Crippen molar-refractivity contribution in [2.75, 3.05) is 0 Å². The molecule has 0 aliphatic carbocycles. The van der Waals surface area contributed by atoms with Crippen LogP contribution >= 0.6 is 0 Å². The number of carbonyl (C=O) groups is 2. The number of carboxylic acids is 1. The zero-order valence-electron chi connectivity index (χ0n) is 10.7. The van der Waals surface area contributed by atoms with Gasteiger partial charge in [-0.2, -0.15) is 0 Å². The van der Waals surface area contributed by atoms with Gasteiger partial charge in [0.15, 0.2) is 0 Å². The second-order valence-corrected chi connectivity index (χ2v) is 4.74. The van der Waals surface area contributed by atoms with Crippen molar-refractivity contribution in [2.24, 2.45) is 5.41 Å². The summed E-state index contributed by atoms with van der Waals surface area (Å²) in [5, 5.41) is 11.6. The maximum Gasteiger partial charge on any atom is 0.309 e. The van der Waals surface area contributed by atoms with Crippen LogP contribution in [0, 0.1) is 12.3 Å². The van der Waals surface area contributed by atoms with Crippen LogP contribution in [0.1, 0.15) is 31.8 Å². The minimum absolute atomic E-state index is 0.0631. The molecule has 0 fully saturated rings. The molecule has 0 spiro atoms. The monoisotopic (exact) mass is 251 g/mol. The minimum atomic E-state index is -1.06. The van der Waals surface area contributed by atoms with E-state index in [4.69, 9.17) is 5.11 Å². The molecule has 98 valence electrons. The van der Waals surface area contributed by atoms with E-state index in [9.17, 15) is 9.59 Å². The van der Waals surface area contributed by atoms with Gasteiger partial charge in [0, 0.05) is 12.6 Å². The highest BCUT2D eigenvalue weighted by atomic mass is 16.4. The van der Waals surface area contributed by atoms with Crippen LogP contribution in [0.15, 0.2) is 12.3 Å². The van der Waals surface area contributed by atoms with Crippen LogP contribution < -0.4 is 5.32 Å². The quantitative estimate of drug-likeness (QED) is 0.811. The summed E-state index contributed by atoms with van der Waals surface area (Å²) in [5.74, 6) is -0.665. The molecule has 1 heterocycles. The van der Waals surface area contributed by atoms with Gasteiger partial charge < -0.3 is 10.4 Å². The Morgan fingerprint density at radius 2 is 2.11 bits per heavy atom. The van der Waals surface area contributed by atoms with Crippen LogP contribution in [0.2, 0.25) is 0 Å². The van der Waals surface area contributed by atoms with Gasteiger partial charge in [0.1, 0.15) is 5.82 Å². The SMILES string of the molecule is Cc1nccc(CNC(=O)CC(C)(C)C(=O)O)n1. The summed E-state index contributed by atoms with van der Waals surface area (Å²) in [5.41, 5.74) is -0.366. The van der Waals surface area contributed by atoms with Crippen LogP contribution in [-0.4, -0.2) is 27.0 Å². The van der Waals surface area contributed by atoms with Gasteiger partial charge in [-0.3, -0.25) is 9.59 Å². The molecule has 0 radical (unpaired) electrons. The van der Waals surface area contributed by atoms with E-state index < -0.39 is 11.4 Å². The van der Waals surface area contributed by atoms with Gasteiger partial charge in [0.25, 0.3) is 0 Å². The third-order valence-electron chi connectivity index (χ3n) is 2.48. The van der Waals surface area contributed by atoms with E-state index in [0.29, 0.717) is 11.5 Å². The molecule has 0 saturated carbocycles. The van der Waals surface area contributed by atoms with E-state index in [0.717, 1.165) is 0 Å². The van der Waals surface area contributed by atoms with E-state index in [-0.39, 0.29) is 18.9 Å². The molecular weight excluding hydrogens is 234 g/mol. The maximum atomic E-state index is 11.6. The van der Waals surface area contributed by atoms with Crippen molar-refractivity contribution in [1.29, 1.82) is 0 Å². The van der Waals surface area contributed by atoms with Crippen LogP contribution in [0.25, 0.3) is 0 Å². The van der Waals surface area contributed by atoms with Crippen molar-refractivity contribution < 1.29 is 14.7 Å². The summed E-state index contributed by atoms with van der Waals surface area (Å²) in [6.07, 6.45) is 1.55. The Labute approximate surface area is 105 Å². The number of amides is 1. The summed E-state index contributed by atoms with van der Waals surface area (Å²) >= 11 is 0. The average Bonchev–Trinajstić information content (AvgIpc) is 2.25. The Morgan fingerprint density at radius 3 is 2.67 bits per heavy atom. The molecule has 1 rings (SSSR count). The van der Waals surface area contributed by atoms with Gasteiger partial charge in [0.05, 0.1) is 17.7 Å². The highest BCUT2D eigenvalue weighted by Gasteiger charge is 2.29. The summed E-state index contributed by atoms with van der Waals surface area (Å²) in [6, 6.07) is 1.70. The number of aliphatic carboxylic acids is 1. The van der Waals surface area contributed by atoms with E-state index in [1.165, 1.54) is 13.8 Å². The molecule has 0 aliphatic heterocycles. The van der Waals surface area contributed by atoms with Crippen LogP contribution in [-0.2, 0) is 16.1 Å². The van der Waals surface area contributed by atoms with Crippen molar-refractivity contribution in [1.82, 2.24) is 15.3 Å². The van der Waals surface area contributed by atoms with Crippen molar-refractivity contribution in [2.45, 2.75) is 33.7 Å². The van der Waals surface area contributed by atoms with Crippen LogP contribution in [0.3, 0.4) is 0 Å². The Bertz CT molecular complexity index is 458. The van der Waals surface area contributed by atoms with Gasteiger partial charge in [0.2, 0.25) is 5.91 Å². The van der Waals surface area contributed by atoms with Crippen molar-refractivity contribution in [3.63, 3.8) is 0 Å². The van der Waals surface area contributed by atoms with E-state index in [1.54, 1.807) is 19.2 Å². The third-order valence-corrected chi connectivity index (χ3v) is 2.48. The first-order valence-electron chi connectivity index (χ1n) is 5.60. The second kappa shape index (κ2) is 5.57. The number of aromatic nitrogens is 2. The number of hydrogen-bond donors (Lipinski definition) is 2. The number of rotatable bonds is 5. The molecule has 0 aliphatic rings. The van der Waals surface area contributed by atoms with E-state index in [1.807, 2.05) is 0 Å². The van der Waals surface area contributed by atoms with Gasteiger partial charge in [-0.1, -0.05) is 0 Å². The van der Waals surface area contributed by atoms with Gasteiger partial charge >= 0.3 is 5.97 Å². The number of hydrogen-bond acceptors (Lipinski definition) is 4. The fourth-order valence-corrected chi connectivity index (χ4v) is 1.33. The molecular formula is C12H17N3O3. The number of nitrogens with one attached hydrogen (secondary N) is 1. The summed E-state index contributed by atoms with van der Waals surface area (Å²) < 4.78 is 0. The smallest absolute Gasteiger partial charge is 0.309 e. The summed E-state index contributed by atoms with van der Waals surface area (Å²) in [7, 11) is 0. The lowest BCUT2D eigenvalue weighted by Crippen LogP contribution is -2.33. The Balaban J connectivity index is 2.50. The number of carboxylic acid groups (broad SMARTS) is 1. The Hall–Kier alpha value is -1.98. The molecule has 0 bridgehead atoms. The third kappa shape index (κ3) is 4.12. The highest BCUT2D eigenvalue weighted by Crippen LogP contribution is 2.19. The van der Waals surface area contributed by atoms with Gasteiger partial charge in [-0.25, -0.2) is 9.97 Å². The van der Waals surface area contributed by atoms with Crippen LogP contribution in [0.4, 0.5) is 0 Å². The lowest BCUT2D eigenvalue weighted by molar-refractivity contribution is -0.149.